The van der Waals surface area contributed by atoms with Crippen molar-refractivity contribution < 1.29 is 14.3 Å². The van der Waals surface area contributed by atoms with Crippen molar-refractivity contribution >= 4 is 5.91 Å². The summed E-state index contributed by atoms with van der Waals surface area (Å²) in [7, 11) is 0. The summed E-state index contributed by atoms with van der Waals surface area (Å²) in [6.45, 7) is 5.10. The Hall–Kier alpha value is -1.46. The molecule has 1 amide bonds. The van der Waals surface area contributed by atoms with Crippen molar-refractivity contribution in [3.8, 4) is 0 Å². The molecule has 1 aliphatic rings. The molecule has 0 radical (unpaired) electrons. The number of nitrogens with two attached hydrogens (primary N) is 1. The third kappa shape index (κ3) is 3.84. The van der Waals surface area contributed by atoms with Crippen molar-refractivity contribution in [2.75, 3.05) is 13.1 Å². The number of hydrogen-bond donors (Lipinski definition) is 2. The lowest BCUT2D eigenvalue weighted by Crippen LogP contribution is -2.49. The lowest BCUT2D eigenvalue weighted by molar-refractivity contribution is -0.135. The van der Waals surface area contributed by atoms with Gasteiger partial charge in [-0.3, -0.25) is 4.79 Å². The zero-order chi connectivity index (χ0) is 16.3. The Labute approximate surface area is 131 Å². The number of carbonyl (C=O) groups excluding carboxylic acids is 1. The molecule has 1 aliphatic heterocycles. The molecule has 122 valence electrons. The number of nitrogens with zero attached hydrogens (tertiary/aromatic N) is 1. The van der Waals surface area contributed by atoms with Crippen molar-refractivity contribution in [3.63, 3.8) is 0 Å². The number of likely N-dealkylation sites (tertiary alicyclic amines) is 1. The van der Waals surface area contributed by atoms with Crippen LogP contribution >= 0.6 is 0 Å². The van der Waals surface area contributed by atoms with Crippen LogP contribution in [0, 0.1) is 17.7 Å². The van der Waals surface area contributed by atoms with Gasteiger partial charge in [-0.05, 0) is 42.4 Å². The van der Waals surface area contributed by atoms with E-state index in [1.807, 2.05) is 13.8 Å². The molecule has 2 unspecified atom stereocenters. The fourth-order valence-electron chi connectivity index (χ4n) is 2.86. The second-order valence-electron chi connectivity index (χ2n) is 6.43. The quantitative estimate of drug-likeness (QED) is 0.895. The largest absolute Gasteiger partial charge is 0.388 e. The van der Waals surface area contributed by atoms with Gasteiger partial charge in [0, 0.05) is 13.1 Å². The van der Waals surface area contributed by atoms with Gasteiger partial charge in [0.15, 0.2) is 0 Å². The van der Waals surface area contributed by atoms with E-state index in [4.69, 9.17) is 5.73 Å². The van der Waals surface area contributed by atoms with Crippen LogP contribution in [0.3, 0.4) is 0 Å². The number of aliphatic hydroxyl groups is 1. The summed E-state index contributed by atoms with van der Waals surface area (Å²) in [5, 5.41) is 10.4. The molecule has 22 heavy (non-hydrogen) atoms. The molecule has 1 fully saturated rings. The van der Waals surface area contributed by atoms with Gasteiger partial charge in [-0.15, -0.1) is 0 Å². The van der Waals surface area contributed by atoms with Gasteiger partial charge in [0.2, 0.25) is 5.91 Å². The molecule has 0 saturated carbocycles. The molecule has 0 aliphatic carbocycles. The fourth-order valence-corrected chi connectivity index (χ4v) is 2.86. The van der Waals surface area contributed by atoms with Crippen LogP contribution in [0.5, 0.6) is 0 Å². The third-order valence-corrected chi connectivity index (χ3v) is 4.51. The van der Waals surface area contributed by atoms with Crippen LogP contribution in [-0.4, -0.2) is 35.0 Å². The van der Waals surface area contributed by atoms with E-state index in [1.165, 1.54) is 12.1 Å². The first-order valence-electron chi connectivity index (χ1n) is 7.88. The first-order valence-corrected chi connectivity index (χ1v) is 7.88. The number of aliphatic hydroxyl groups excluding tert-OH is 1. The summed E-state index contributed by atoms with van der Waals surface area (Å²) in [6.07, 6.45) is 0.848. The van der Waals surface area contributed by atoms with E-state index in [9.17, 15) is 14.3 Å². The normalized spacial score (nSPS) is 19.3. The summed E-state index contributed by atoms with van der Waals surface area (Å²) in [5.41, 5.74) is 6.64. The summed E-state index contributed by atoms with van der Waals surface area (Å²) in [5.74, 6) is -0.108. The molecule has 2 rings (SSSR count). The molecule has 1 heterocycles. The highest BCUT2D eigenvalue weighted by molar-refractivity contribution is 5.82. The number of rotatable bonds is 4. The highest BCUT2D eigenvalue weighted by Crippen LogP contribution is 2.31. The average molecular weight is 308 g/mol. The van der Waals surface area contributed by atoms with Crippen LogP contribution < -0.4 is 5.73 Å². The van der Waals surface area contributed by atoms with Gasteiger partial charge in [-0.25, -0.2) is 4.39 Å². The molecule has 0 spiro atoms. The van der Waals surface area contributed by atoms with E-state index in [0.29, 0.717) is 13.1 Å². The minimum atomic E-state index is -0.614. The summed E-state index contributed by atoms with van der Waals surface area (Å²) < 4.78 is 12.9. The van der Waals surface area contributed by atoms with Gasteiger partial charge in [0.25, 0.3) is 0 Å². The molecule has 1 aromatic carbocycles. The Balaban J connectivity index is 1.91. The van der Waals surface area contributed by atoms with Crippen molar-refractivity contribution in [3.05, 3.63) is 35.6 Å². The summed E-state index contributed by atoms with van der Waals surface area (Å²) >= 11 is 0. The number of carbonyl (C=O) groups is 1. The van der Waals surface area contributed by atoms with Crippen LogP contribution in [0.25, 0.3) is 0 Å². The number of amides is 1. The molecular weight excluding hydrogens is 283 g/mol. The monoisotopic (exact) mass is 308 g/mol. The number of halogens is 1. The van der Waals surface area contributed by atoms with Crippen molar-refractivity contribution in [1.29, 1.82) is 0 Å². The fraction of sp³-hybridized carbons (Fsp3) is 0.588. The molecule has 4 nitrogen and oxygen atoms in total. The van der Waals surface area contributed by atoms with E-state index >= 15 is 0 Å². The minimum Gasteiger partial charge on any atom is -0.388 e. The van der Waals surface area contributed by atoms with Crippen LogP contribution in [0.4, 0.5) is 4.39 Å². The van der Waals surface area contributed by atoms with Crippen LogP contribution in [-0.2, 0) is 4.79 Å². The predicted octanol–water partition coefficient (Wildman–Crippen LogP) is 2.08. The van der Waals surface area contributed by atoms with Gasteiger partial charge >= 0.3 is 0 Å². The lowest BCUT2D eigenvalue weighted by Gasteiger charge is -2.36. The van der Waals surface area contributed by atoms with Crippen LogP contribution in [0.1, 0.15) is 38.4 Å². The van der Waals surface area contributed by atoms with Crippen LogP contribution in [0.15, 0.2) is 24.3 Å². The first kappa shape index (κ1) is 16.9. The molecule has 1 saturated heterocycles. The Kier molecular flexibility index (Phi) is 5.53. The molecule has 1 aromatic rings. The summed E-state index contributed by atoms with van der Waals surface area (Å²) in [6, 6.07) is 5.49. The average Bonchev–Trinajstić information content (AvgIpc) is 2.53. The van der Waals surface area contributed by atoms with E-state index < -0.39 is 12.1 Å². The maximum absolute atomic E-state index is 12.9. The van der Waals surface area contributed by atoms with Crippen molar-refractivity contribution in [1.82, 2.24) is 4.90 Å². The second kappa shape index (κ2) is 7.20. The smallest absolute Gasteiger partial charge is 0.239 e. The topological polar surface area (TPSA) is 66.6 Å². The molecule has 5 heteroatoms. The molecule has 0 aromatic heterocycles. The summed E-state index contributed by atoms with van der Waals surface area (Å²) in [4.78, 5) is 14.0. The first-order chi connectivity index (χ1) is 10.4. The maximum Gasteiger partial charge on any atom is 0.239 e. The van der Waals surface area contributed by atoms with Gasteiger partial charge in [-0.2, -0.15) is 0 Å². The van der Waals surface area contributed by atoms with E-state index in [2.05, 4.69) is 0 Å². The van der Waals surface area contributed by atoms with E-state index in [0.717, 1.165) is 18.4 Å². The Bertz CT molecular complexity index is 496. The Morgan fingerprint density at radius 3 is 2.32 bits per heavy atom. The maximum atomic E-state index is 12.9. The third-order valence-electron chi connectivity index (χ3n) is 4.51. The molecule has 2 atom stereocenters. The zero-order valence-electron chi connectivity index (χ0n) is 13.2. The number of benzene rings is 1. The zero-order valence-corrected chi connectivity index (χ0v) is 13.2. The Morgan fingerprint density at radius 1 is 1.27 bits per heavy atom. The number of piperidine rings is 1. The van der Waals surface area contributed by atoms with Gasteiger partial charge in [0.05, 0.1) is 12.1 Å². The Morgan fingerprint density at radius 2 is 1.82 bits per heavy atom. The molecule has 3 N–H and O–H groups in total. The van der Waals surface area contributed by atoms with Gasteiger partial charge in [0.1, 0.15) is 5.82 Å². The highest BCUT2D eigenvalue weighted by atomic mass is 19.1. The lowest BCUT2D eigenvalue weighted by atomic mass is 9.87. The number of hydrogen-bond acceptors (Lipinski definition) is 3. The predicted molar refractivity (Wildman–Crippen MR) is 83.5 cm³/mol. The van der Waals surface area contributed by atoms with Gasteiger partial charge < -0.3 is 15.7 Å². The highest BCUT2D eigenvalue weighted by Gasteiger charge is 2.30. The minimum absolute atomic E-state index is 0.00952. The van der Waals surface area contributed by atoms with Crippen molar-refractivity contribution in [2.24, 2.45) is 17.6 Å². The molecule has 0 bridgehead atoms. The standard InChI is InChI=1S/C17H25FN2O2/c1-11(2)15(19)17(22)20-9-7-13(8-10-20)16(21)12-3-5-14(18)6-4-12/h3-6,11,13,15-16,21H,7-10,19H2,1-2H3. The molecular formula is C17H25FN2O2. The SMILES string of the molecule is CC(C)C(N)C(=O)N1CCC(C(O)c2ccc(F)cc2)CC1. The second-order valence-corrected chi connectivity index (χ2v) is 6.43. The van der Waals surface area contributed by atoms with Gasteiger partial charge in [-0.1, -0.05) is 26.0 Å². The van der Waals surface area contributed by atoms with Crippen LogP contribution in [0.2, 0.25) is 0 Å². The van der Waals surface area contributed by atoms with E-state index in [-0.39, 0.29) is 23.6 Å². The van der Waals surface area contributed by atoms with Crippen molar-refractivity contribution in [2.45, 2.75) is 38.8 Å². The van der Waals surface area contributed by atoms with E-state index in [1.54, 1.807) is 17.0 Å².